The van der Waals surface area contributed by atoms with Crippen molar-refractivity contribution in [3.8, 4) is 0 Å². The summed E-state index contributed by atoms with van der Waals surface area (Å²) >= 11 is 0. The van der Waals surface area contributed by atoms with Gasteiger partial charge in [-0.25, -0.2) is 0 Å². The zero-order valence-corrected chi connectivity index (χ0v) is 21.1. The maximum absolute atomic E-state index is 13.2. The van der Waals surface area contributed by atoms with E-state index in [1.54, 1.807) is 13.0 Å². The second-order valence-corrected chi connectivity index (χ2v) is 10.4. The molecule has 2 rings (SSSR count). The van der Waals surface area contributed by atoms with Crippen LogP contribution in [0.25, 0.3) is 5.70 Å². The standard InChI is InChI=1S/C23H31F9N3OP/c1-2-3-20(17-12-18(22(27,28)29)14-19(13-17)23(30,31)32)33-15-16-4-8-35(9-5-16)10-7-34-37(36)11-6-21(24,25)26/h3,12-14,16,33-34,36H,2,4-11,15H2,1H3/b20-3-. The highest BCUT2D eigenvalue weighted by Gasteiger charge is 2.37. The van der Waals surface area contributed by atoms with Gasteiger partial charge in [-0.1, -0.05) is 13.0 Å². The van der Waals surface area contributed by atoms with E-state index in [-0.39, 0.29) is 29.4 Å². The number of benzene rings is 1. The first-order valence-electron chi connectivity index (χ1n) is 11.8. The third-order valence-electron chi connectivity index (χ3n) is 5.92. The number of alkyl halides is 9. The maximum atomic E-state index is 13.2. The Kier molecular flexibility index (Phi) is 11.5. The Balaban J connectivity index is 1.90. The Labute approximate surface area is 211 Å². The van der Waals surface area contributed by atoms with E-state index in [1.165, 1.54) is 0 Å². The molecule has 1 aliphatic heterocycles. The fourth-order valence-corrected chi connectivity index (χ4v) is 4.91. The van der Waals surface area contributed by atoms with E-state index < -0.39 is 44.4 Å². The second-order valence-electron chi connectivity index (χ2n) is 8.88. The van der Waals surface area contributed by atoms with Crippen molar-refractivity contribution in [2.75, 3.05) is 38.9 Å². The van der Waals surface area contributed by atoms with Crippen molar-refractivity contribution in [1.29, 1.82) is 0 Å². The molecule has 212 valence electrons. The molecule has 1 heterocycles. The van der Waals surface area contributed by atoms with Gasteiger partial charge < -0.3 is 15.1 Å². The lowest BCUT2D eigenvalue weighted by Crippen LogP contribution is -2.39. The van der Waals surface area contributed by atoms with Gasteiger partial charge in [0.2, 0.25) is 0 Å². The summed E-state index contributed by atoms with van der Waals surface area (Å²) in [6.45, 7) is 4.33. The lowest BCUT2D eigenvalue weighted by molar-refractivity contribution is -0.143. The van der Waals surface area contributed by atoms with Crippen molar-refractivity contribution >= 4 is 14.0 Å². The van der Waals surface area contributed by atoms with Crippen molar-refractivity contribution in [2.45, 2.75) is 51.1 Å². The van der Waals surface area contributed by atoms with E-state index in [4.69, 9.17) is 0 Å². The lowest BCUT2D eigenvalue weighted by atomic mass is 9.96. The summed E-state index contributed by atoms with van der Waals surface area (Å²) in [5.41, 5.74) is -2.71. The third kappa shape index (κ3) is 11.4. The first-order valence-corrected chi connectivity index (χ1v) is 13.3. The summed E-state index contributed by atoms with van der Waals surface area (Å²) in [7, 11) is -1.89. The Morgan fingerprint density at radius 1 is 1.00 bits per heavy atom. The molecule has 0 aromatic heterocycles. The van der Waals surface area contributed by atoms with Gasteiger partial charge in [-0.05, 0) is 62.0 Å². The molecular weight excluding hydrogens is 536 g/mol. The van der Waals surface area contributed by atoms with Crippen LogP contribution in [0.3, 0.4) is 0 Å². The first kappa shape index (κ1) is 31.7. The molecule has 3 N–H and O–H groups in total. The Morgan fingerprint density at radius 2 is 1.57 bits per heavy atom. The maximum Gasteiger partial charge on any atom is 0.416 e. The number of likely N-dealkylation sites (tertiary alicyclic amines) is 1. The van der Waals surface area contributed by atoms with Crippen LogP contribution in [-0.2, 0) is 12.4 Å². The quantitative estimate of drug-likeness (QED) is 0.208. The summed E-state index contributed by atoms with van der Waals surface area (Å²) in [5, 5.41) is 5.75. The zero-order valence-electron chi connectivity index (χ0n) is 20.2. The fraction of sp³-hybridized carbons (Fsp3) is 0.652. The molecule has 37 heavy (non-hydrogen) atoms. The highest BCUT2D eigenvalue weighted by atomic mass is 31.2. The van der Waals surface area contributed by atoms with Crippen molar-refractivity contribution in [3.05, 3.63) is 41.0 Å². The van der Waals surface area contributed by atoms with Gasteiger partial charge in [-0.15, -0.1) is 0 Å². The van der Waals surface area contributed by atoms with Crippen LogP contribution in [0.15, 0.2) is 24.3 Å². The summed E-state index contributed by atoms with van der Waals surface area (Å²) in [6, 6.07) is 1.53. The second kappa shape index (κ2) is 13.5. The van der Waals surface area contributed by atoms with Gasteiger partial charge in [0.05, 0.1) is 25.8 Å². The molecule has 1 aromatic carbocycles. The molecule has 0 bridgehead atoms. The lowest BCUT2D eigenvalue weighted by Gasteiger charge is -2.32. The normalized spacial score (nSPS) is 17.8. The van der Waals surface area contributed by atoms with Crippen molar-refractivity contribution in [1.82, 2.24) is 15.3 Å². The first-order chi connectivity index (χ1) is 17.1. The van der Waals surface area contributed by atoms with Crippen LogP contribution in [-0.4, -0.2) is 54.9 Å². The summed E-state index contributed by atoms with van der Waals surface area (Å²) < 4.78 is 116. The molecule has 0 aliphatic carbocycles. The Hall–Kier alpha value is -1.56. The molecule has 14 heteroatoms. The molecular formula is C23H31F9N3OP. The Bertz CT molecular complexity index is 847. The molecule has 0 saturated carbocycles. The third-order valence-corrected chi connectivity index (χ3v) is 7.16. The van der Waals surface area contributed by atoms with E-state index in [1.807, 2.05) is 0 Å². The van der Waals surface area contributed by atoms with Crippen LogP contribution in [0.4, 0.5) is 39.5 Å². The van der Waals surface area contributed by atoms with Crippen LogP contribution < -0.4 is 10.4 Å². The molecule has 0 spiro atoms. The van der Waals surface area contributed by atoms with Gasteiger partial charge in [0.1, 0.15) is 0 Å². The van der Waals surface area contributed by atoms with E-state index in [2.05, 4.69) is 15.3 Å². The fourth-order valence-electron chi connectivity index (χ4n) is 3.92. The van der Waals surface area contributed by atoms with Crippen molar-refractivity contribution in [3.63, 3.8) is 0 Å². The molecule has 1 fully saturated rings. The van der Waals surface area contributed by atoms with Crippen LogP contribution in [0.2, 0.25) is 0 Å². The summed E-state index contributed by atoms with van der Waals surface area (Å²) in [5.74, 6) is 0.138. The predicted octanol–water partition coefficient (Wildman–Crippen LogP) is 6.62. The molecule has 1 saturated heterocycles. The Morgan fingerprint density at radius 3 is 2.05 bits per heavy atom. The molecule has 4 nitrogen and oxygen atoms in total. The number of nitrogens with one attached hydrogen (secondary N) is 2. The van der Waals surface area contributed by atoms with Crippen LogP contribution in [0.5, 0.6) is 0 Å². The number of nitrogens with zero attached hydrogens (tertiary/aromatic N) is 1. The van der Waals surface area contributed by atoms with Crippen molar-refractivity contribution in [2.24, 2.45) is 5.92 Å². The summed E-state index contributed by atoms with van der Waals surface area (Å²) in [6.07, 6.45) is -12.2. The van der Waals surface area contributed by atoms with Crippen molar-refractivity contribution < 1.29 is 44.4 Å². The number of allylic oxidation sites excluding steroid dienone is 1. The largest absolute Gasteiger partial charge is 0.416 e. The van der Waals surface area contributed by atoms with Gasteiger partial charge in [-0.3, -0.25) is 5.09 Å². The zero-order chi connectivity index (χ0) is 27.9. The highest BCUT2D eigenvalue weighted by Crippen LogP contribution is 2.37. The highest BCUT2D eigenvalue weighted by molar-refractivity contribution is 7.49. The predicted molar refractivity (Wildman–Crippen MR) is 125 cm³/mol. The number of hydrogen-bond donors (Lipinski definition) is 3. The van der Waals surface area contributed by atoms with Crippen LogP contribution >= 0.6 is 8.30 Å². The molecule has 1 unspecified atom stereocenters. The number of rotatable bonds is 11. The SMILES string of the molecule is CC/C=C(\NCC1CCN(CCNP(O)CCC(F)(F)F)CC1)c1cc(C(F)(F)F)cc(C(F)(F)F)c1. The van der Waals surface area contributed by atoms with Gasteiger partial charge in [0, 0.05) is 31.5 Å². The molecule has 1 atom stereocenters. The average Bonchev–Trinajstić information content (AvgIpc) is 2.79. The van der Waals surface area contributed by atoms with Crippen LogP contribution in [0.1, 0.15) is 49.3 Å². The van der Waals surface area contributed by atoms with Gasteiger partial charge in [0.25, 0.3) is 0 Å². The number of piperidine rings is 1. The van der Waals surface area contributed by atoms with E-state index in [0.29, 0.717) is 51.3 Å². The minimum absolute atomic E-state index is 0.105. The molecule has 1 aromatic rings. The van der Waals surface area contributed by atoms with E-state index >= 15 is 0 Å². The minimum atomic E-state index is -4.93. The molecule has 0 radical (unpaired) electrons. The average molecular weight is 567 g/mol. The smallest absolute Gasteiger partial charge is 0.385 e. The van der Waals surface area contributed by atoms with E-state index in [9.17, 15) is 44.4 Å². The van der Waals surface area contributed by atoms with E-state index in [0.717, 1.165) is 12.8 Å². The van der Waals surface area contributed by atoms with Gasteiger partial charge in [0.15, 0.2) is 0 Å². The summed E-state index contributed by atoms with van der Waals surface area (Å²) in [4.78, 5) is 11.7. The number of halogens is 9. The van der Waals surface area contributed by atoms with Gasteiger partial charge in [-0.2, -0.15) is 39.5 Å². The van der Waals surface area contributed by atoms with Crippen LogP contribution in [0, 0.1) is 5.92 Å². The van der Waals surface area contributed by atoms with Gasteiger partial charge >= 0.3 is 18.5 Å². The topological polar surface area (TPSA) is 47.5 Å². The number of hydrogen-bond acceptors (Lipinski definition) is 4. The minimum Gasteiger partial charge on any atom is -0.385 e. The monoisotopic (exact) mass is 567 g/mol. The molecule has 0 amide bonds. The molecule has 1 aliphatic rings.